The number of nitro groups is 1. The van der Waals surface area contributed by atoms with Crippen LogP contribution in [0.25, 0.3) is 0 Å². The molecule has 5 nitrogen and oxygen atoms in total. The molecule has 23 heavy (non-hydrogen) atoms. The van der Waals surface area contributed by atoms with E-state index in [1.165, 1.54) is 31.2 Å². The molecule has 0 aromatic heterocycles. The number of aryl methyl sites for hydroxylation is 1. The van der Waals surface area contributed by atoms with Crippen molar-refractivity contribution in [1.29, 1.82) is 0 Å². The van der Waals surface area contributed by atoms with Gasteiger partial charge in [0.05, 0.1) is 10.5 Å². The van der Waals surface area contributed by atoms with E-state index in [1.54, 1.807) is 0 Å². The topological polar surface area (TPSA) is 72.2 Å². The highest BCUT2D eigenvalue weighted by Gasteiger charge is 2.30. The Labute approximate surface area is 128 Å². The van der Waals surface area contributed by atoms with E-state index in [1.807, 2.05) is 0 Å². The van der Waals surface area contributed by atoms with Crippen LogP contribution in [0.3, 0.4) is 0 Å². The summed E-state index contributed by atoms with van der Waals surface area (Å²) in [6, 6.07) is 8.22. The zero-order chi connectivity index (χ0) is 17.2. The fraction of sp³-hybridized carbons (Fsp3) is 0.133. The Morgan fingerprint density at radius 1 is 1.17 bits per heavy atom. The molecule has 8 heteroatoms. The lowest BCUT2D eigenvalue weighted by atomic mass is 10.1. The highest BCUT2D eigenvalue weighted by Crippen LogP contribution is 2.31. The van der Waals surface area contributed by atoms with Crippen LogP contribution in [0.5, 0.6) is 0 Å². The van der Waals surface area contributed by atoms with Crippen molar-refractivity contribution in [3.8, 4) is 0 Å². The van der Waals surface area contributed by atoms with Gasteiger partial charge in [0.25, 0.3) is 11.6 Å². The molecule has 0 unspecified atom stereocenters. The van der Waals surface area contributed by atoms with Crippen molar-refractivity contribution in [2.75, 3.05) is 5.32 Å². The third kappa shape index (κ3) is 3.65. The number of anilines is 1. The number of benzene rings is 2. The normalized spacial score (nSPS) is 11.1. The van der Waals surface area contributed by atoms with Gasteiger partial charge in [-0.1, -0.05) is 18.2 Å². The second-order valence-electron chi connectivity index (χ2n) is 4.76. The third-order valence-electron chi connectivity index (χ3n) is 3.11. The highest BCUT2D eigenvalue weighted by atomic mass is 19.4. The van der Waals surface area contributed by atoms with Gasteiger partial charge in [0, 0.05) is 11.3 Å². The molecule has 2 aromatic carbocycles. The number of amides is 1. The summed E-state index contributed by atoms with van der Waals surface area (Å²) in [6.45, 7) is 1.47. The summed E-state index contributed by atoms with van der Waals surface area (Å²) in [4.78, 5) is 22.5. The van der Waals surface area contributed by atoms with Crippen LogP contribution in [0.1, 0.15) is 21.5 Å². The smallest absolute Gasteiger partial charge is 0.322 e. The van der Waals surface area contributed by atoms with Crippen molar-refractivity contribution in [2.24, 2.45) is 0 Å². The molecule has 0 aliphatic heterocycles. The summed E-state index contributed by atoms with van der Waals surface area (Å²) in [6.07, 6.45) is -4.55. The maximum absolute atomic E-state index is 12.6. The zero-order valence-corrected chi connectivity index (χ0v) is 11.8. The van der Waals surface area contributed by atoms with Gasteiger partial charge in [-0.2, -0.15) is 13.2 Å². The van der Waals surface area contributed by atoms with Crippen LogP contribution in [0.2, 0.25) is 0 Å². The van der Waals surface area contributed by atoms with Crippen molar-refractivity contribution in [1.82, 2.24) is 0 Å². The van der Waals surface area contributed by atoms with Crippen LogP contribution < -0.4 is 5.32 Å². The number of nitrogens with zero attached hydrogens (tertiary/aromatic N) is 1. The number of para-hydroxylation sites is 1. The minimum Gasteiger partial charge on any atom is -0.322 e. The third-order valence-corrected chi connectivity index (χ3v) is 3.11. The molecule has 0 radical (unpaired) electrons. The monoisotopic (exact) mass is 324 g/mol. The number of carbonyl (C=O) groups excluding carboxylic acids is 1. The van der Waals surface area contributed by atoms with Crippen molar-refractivity contribution in [3.05, 3.63) is 69.3 Å². The molecule has 0 bridgehead atoms. The number of nitrogens with one attached hydrogen (secondary N) is 1. The van der Waals surface area contributed by atoms with Crippen LogP contribution in [0.15, 0.2) is 42.5 Å². The van der Waals surface area contributed by atoms with Crippen molar-refractivity contribution in [2.45, 2.75) is 13.1 Å². The molecule has 0 atom stereocenters. The summed E-state index contributed by atoms with van der Waals surface area (Å²) < 4.78 is 37.9. The standard InChI is InChI=1S/C15H11F3N2O3/c1-9-4-2-7-12(13(9)20(22)23)14(21)19-11-6-3-5-10(8-11)15(16,17)18/h2-8H,1H3,(H,19,21). The Morgan fingerprint density at radius 2 is 1.83 bits per heavy atom. The van der Waals surface area contributed by atoms with Crippen LogP contribution in [-0.2, 0) is 6.18 Å². The summed E-state index contributed by atoms with van der Waals surface area (Å²) in [5.74, 6) is -0.847. The van der Waals surface area contributed by atoms with Gasteiger partial charge in [0.1, 0.15) is 5.56 Å². The summed E-state index contributed by atoms with van der Waals surface area (Å²) in [5, 5.41) is 13.3. The largest absolute Gasteiger partial charge is 0.416 e. The van der Waals surface area contributed by atoms with Crippen molar-refractivity contribution < 1.29 is 22.9 Å². The van der Waals surface area contributed by atoms with E-state index >= 15 is 0 Å². The quantitative estimate of drug-likeness (QED) is 0.680. The van der Waals surface area contributed by atoms with Gasteiger partial charge in [-0.3, -0.25) is 14.9 Å². The molecule has 0 aliphatic rings. The van der Waals surface area contributed by atoms with Crippen LogP contribution in [0.4, 0.5) is 24.5 Å². The Hall–Kier alpha value is -2.90. The Kier molecular flexibility index (Phi) is 4.35. The molecule has 2 rings (SSSR count). The summed E-state index contributed by atoms with van der Waals surface area (Å²) in [7, 11) is 0. The fourth-order valence-electron chi connectivity index (χ4n) is 2.06. The molecule has 0 saturated carbocycles. The lowest BCUT2D eigenvalue weighted by Gasteiger charge is -2.10. The van der Waals surface area contributed by atoms with Crippen LogP contribution in [-0.4, -0.2) is 10.8 Å². The van der Waals surface area contributed by atoms with Gasteiger partial charge in [-0.25, -0.2) is 0 Å². The second kappa shape index (κ2) is 6.07. The summed E-state index contributed by atoms with van der Waals surface area (Å²) >= 11 is 0. The molecular formula is C15H11F3N2O3. The lowest BCUT2D eigenvalue weighted by Crippen LogP contribution is -2.15. The SMILES string of the molecule is Cc1cccc(C(=O)Nc2cccc(C(F)(F)F)c2)c1[N+](=O)[O-]. The number of halogens is 3. The Morgan fingerprint density at radius 3 is 2.43 bits per heavy atom. The van der Waals surface area contributed by atoms with Gasteiger partial charge >= 0.3 is 6.18 Å². The van der Waals surface area contributed by atoms with E-state index in [4.69, 9.17) is 0 Å². The van der Waals surface area contributed by atoms with E-state index in [2.05, 4.69) is 5.32 Å². The summed E-state index contributed by atoms with van der Waals surface area (Å²) in [5.41, 5.74) is -1.33. The number of carbonyl (C=O) groups is 1. The van der Waals surface area contributed by atoms with Gasteiger partial charge in [0.15, 0.2) is 0 Å². The van der Waals surface area contributed by atoms with E-state index < -0.39 is 22.6 Å². The molecule has 2 aromatic rings. The molecule has 0 aliphatic carbocycles. The van der Waals surface area contributed by atoms with Gasteiger partial charge in [0.2, 0.25) is 0 Å². The molecule has 0 spiro atoms. The number of rotatable bonds is 3. The molecule has 1 N–H and O–H groups in total. The molecule has 120 valence electrons. The highest BCUT2D eigenvalue weighted by molar-refractivity contribution is 6.07. The maximum atomic E-state index is 12.6. The molecule has 0 fully saturated rings. The number of hydrogen-bond donors (Lipinski definition) is 1. The maximum Gasteiger partial charge on any atom is 0.416 e. The second-order valence-corrected chi connectivity index (χ2v) is 4.76. The molecular weight excluding hydrogens is 313 g/mol. The Bertz CT molecular complexity index is 773. The first-order valence-corrected chi connectivity index (χ1v) is 6.43. The predicted molar refractivity (Wildman–Crippen MR) is 77.2 cm³/mol. The first kappa shape index (κ1) is 16.5. The molecule has 0 heterocycles. The fourth-order valence-corrected chi connectivity index (χ4v) is 2.06. The number of nitro benzene ring substituents is 1. The average Bonchev–Trinajstić information content (AvgIpc) is 2.46. The molecule has 1 amide bonds. The number of hydrogen-bond acceptors (Lipinski definition) is 3. The van der Waals surface area contributed by atoms with Crippen molar-refractivity contribution in [3.63, 3.8) is 0 Å². The van der Waals surface area contributed by atoms with Crippen molar-refractivity contribution >= 4 is 17.3 Å². The van der Waals surface area contributed by atoms with E-state index in [-0.39, 0.29) is 22.5 Å². The van der Waals surface area contributed by atoms with Gasteiger partial charge in [-0.05, 0) is 31.2 Å². The minimum absolute atomic E-state index is 0.0966. The average molecular weight is 324 g/mol. The van der Waals surface area contributed by atoms with E-state index in [9.17, 15) is 28.1 Å². The minimum atomic E-state index is -4.55. The number of alkyl halides is 3. The predicted octanol–water partition coefficient (Wildman–Crippen LogP) is 4.17. The van der Waals surface area contributed by atoms with Crippen LogP contribution in [0, 0.1) is 17.0 Å². The van der Waals surface area contributed by atoms with E-state index in [0.717, 1.165) is 18.2 Å². The lowest BCUT2D eigenvalue weighted by molar-refractivity contribution is -0.385. The van der Waals surface area contributed by atoms with Crippen LogP contribution >= 0.6 is 0 Å². The first-order valence-electron chi connectivity index (χ1n) is 6.43. The Balaban J connectivity index is 2.34. The van der Waals surface area contributed by atoms with E-state index in [0.29, 0.717) is 0 Å². The van der Waals surface area contributed by atoms with Gasteiger partial charge < -0.3 is 5.32 Å². The molecule has 0 saturated heterocycles. The first-order chi connectivity index (χ1) is 10.7. The zero-order valence-electron chi connectivity index (χ0n) is 11.8. The van der Waals surface area contributed by atoms with Gasteiger partial charge in [-0.15, -0.1) is 0 Å².